The van der Waals surface area contributed by atoms with Gasteiger partial charge in [0.2, 0.25) is 0 Å². The molecule has 0 saturated heterocycles. The monoisotopic (exact) mass is 508 g/mol. The Morgan fingerprint density at radius 2 is 1.74 bits per heavy atom. The van der Waals surface area contributed by atoms with Crippen LogP contribution in [-0.2, 0) is 17.8 Å². The van der Waals surface area contributed by atoms with Crippen molar-refractivity contribution >= 4 is 11.8 Å². The second-order valence-corrected chi connectivity index (χ2v) is 9.48. The van der Waals surface area contributed by atoms with E-state index in [0.717, 1.165) is 34.2 Å². The lowest BCUT2D eigenvalue weighted by molar-refractivity contribution is -0.123. The Hall–Kier alpha value is -4.45. The molecular weight excluding hydrogens is 479 g/mol. The van der Waals surface area contributed by atoms with Crippen molar-refractivity contribution in [3.8, 4) is 5.75 Å². The molecule has 4 aromatic carbocycles. The number of halogens is 1. The average Bonchev–Trinajstić information content (AvgIpc) is 2.95. The summed E-state index contributed by atoms with van der Waals surface area (Å²) in [6.07, 6.45) is 0.731. The van der Waals surface area contributed by atoms with Gasteiger partial charge >= 0.3 is 0 Å². The third-order valence-corrected chi connectivity index (χ3v) is 6.76. The van der Waals surface area contributed by atoms with Gasteiger partial charge in [0.15, 0.2) is 6.61 Å². The molecule has 0 radical (unpaired) electrons. The van der Waals surface area contributed by atoms with Gasteiger partial charge in [-0.05, 0) is 72.0 Å². The van der Waals surface area contributed by atoms with Crippen molar-refractivity contribution in [1.82, 2.24) is 10.2 Å². The quantitative estimate of drug-likeness (QED) is 0.353. The number of amides is 2. The summed E-state index contributed by atoms with van der Waals surface area (Å²) in [5.41, 5.74) is 5.75. The SMILES string of the molecule is Cc1cccc([C@H]2c3cc(OCC(=O)NCc4ccc(F)cc4)ccc3CCN2C(=O)c2ccccc2)c1. The first-order valence-corrected chi connectivity index (χ1v) is 12.7. The summed E-state index contributed by atoms with van der Waals surface area (Å²) in [7, 11) is 0. The van der Waals surface area contributed by atoms with Gasteiger partial charge in [-0.3, -0.25) is 9.59 Å². The smallest absolute Gasteiger partial charge is 0.258 e. The number of hydrogen-bond donors (Lipinski definition) is 1. The average molecular weight is 509 g/mol. The predicted octanol–water partition coefficient (Wildman–Crippen LogP) is 5.62. The fourth-order valence-corrected chi connectivity index (χ4v) is 4.85. The van der Waals surface area contributed by atoms with Gasteiger partial charge in [-0.1, -0.05) is 66.2 Å². The topological polar surface area (TPSA) is 58.6 Å². The highest BCUT2D eigenvalue weighted by Crippen LogP contribution is 2.38. The molecule has 1 aliphatic rings. The Bertz CT molecular complexity index is 1440. The molecule has 6 heteroatoms. The van der Waals surface area contributed by atoms with Crippen molar-refractivity contribution in [3.05, 3.63) is 136 Å². The van der Waals surface area contributed by atoms with Crippen LogP contribution in [0.5, 0.6) is 5.75 Å². The molecule has 1 N–H and O–H groups in total. The van der Waals surface area contributed by atoms with Crippen molar-refractivity contribution in [2.24, 2.45) is 0 Å². The van der Waals surface area contributed by atoms with Crippen LogP contribution in [-0.4, -0.2) is 29.9 Å². The van der Waals surface area contributed by atoms with Crippen LogP contribution >= 0.6 is 0 Å². The minimum atomic E-state index is -0.316. The third-order valence-electron chi connectivity index (χ3n) is 6.76. The maximum atomic E-state index is 13.6. The van der Waals surface area contributed by atoms with E-state index in [-0.39, 0.29) is 30.3 Å². The third kappa shape index (κ3) is 5.75. The molecule has 2 amide bonds. The number of carbonyl (C=O) groups is 2. The molecule has 1 atom stereocenters. The zero-order chi connectivity index (χ0) is 26.5. The maximum absolute atomic E-state index is 13.6. The van der Waals surface area contributed by atoms with Crippen LogP contribution in [0.25, 0.3) is 0 Å². The second kappa shape index (κ2) is 11.3. The summed E-state index contributed by atoms with van der Waals surface area (Å²) < 4.78 is 18.9. The Kier molecular flexibility index (Phi) is 7.50. The van der Waals surface area contributed by atoms with Gasteiger partial charge in [-0.2, -0.15) is 0 Å². The van der Waals surface area contributed by atoms with Crippen molar-refractivity contribution in [1.29, 1.82) is 0 Å². The number of nitrogens with zero attached hydrogens (tertiary/aromatic N) is 1. The molecule has 0 aromatic heterocycles. The van der Waals surface area contributed by atoms with E-state index in [1.807, 2.05) is 72.5 Å². The van der Waals surface area contributed by atoms with Crippen molar-refractivity contribution in [3.63, 3.8) is 0 Å². The molecule has 0 unspecified atom stereocenters. The minimum absolute atomic E-state index is 0.0192. The molecule has 0 aliphatic carbocycles. The lowest BCUT2D eigenvalue weighted by Crippen LogP contribution is -2.40. The first-order valence-electron chi connectivity index (χ1n) is 12.7. The molecule has 1 heterocycles. The number of ether oxygens (including phenoxy) is 1. The van der Waals surface area contributed by atoms with Crippen molar-refractivity contribution in [2.45, 2.75) is 25.9 Å². The van der Waals surface area contributed by atoms with Gasteiger partial charge in [-0.15, -0.1) is 0 Å². The summed E-state index contributed by atoms with van der Waals surface area (Å²) in [5, 5.41) is 2.79. The number of benzene rings is 4. The Morgan fingerprint density at radius 1 is 0.947 bits per heavy atom. The van der Waals surface area contributed by atoms with E-state index in [9.17, 15) is 14.0 Å². The lowest BCUT2D eigenvalue weighted by Gasteiger charge is -2.38. The number of hydrogen-bond acceptors (Lipinski definition) is 3. The van der Waals surface area contributed by atoms with Crippen LogP contribution in [0.3, 0.4) is 0 Å². The second-order valence-electron chi connectivity index (χ2n) is 9.48. The molecule has 38 heavy (non-hydrogen) atoms. The largest absolute Gasteiger partial charge is 0.484 e. The van der Waals surface area contributed by atoms with E-state index in [4.69, 9.17) is 4.74 Å². The molecule has 192 valence electrons. The fourth-order valence-electron chi connectivity index (χ4n) is 4.85. The van der Waals surface area contributed by atoms with Gasteiger partial charge in [0.25, 0.3) is 11.8 Å². The van der Waals surface area contributed by atoms with Gasteiger partial charge in [-0.25, -0.2) is 4.39 Å². The Labute approximate surface area is 221 Å². The first kappa shape index (κ1) is 25.2. The summed E-state index contributed by atoms with van der Waals surface area (Å²) >= 11 is 0. The van der Waals surface area contributed by atoms with Gasteiger partial charge in [0.05, 0.1) is 6.04 Å². The molecule has 5 rings (SSSR count). The molecule has 5 nitrogen and oxygen atoms in total. The van der Waals surface area contributed by atoms with Crippen molar-refractivity contribution in [2.75, 3.05) is 13.2 Å². The van der Waals surface area contributed by atoms with Crippen LogP contribution < -0.4 is 10.1 Å². The van der Waals surface area contributed by atoms with Crippen molar-refractivity contribution < 1.29 is 18.7 Å². The van der Waals surface area contributed by atoms with E-state index in [2.05, 4.69) is 17.4 Å². The highest BCUT2D eigenvalue weighted by Gasteiger charge is 2.33. The van der Waals surface area contributed by atoms with E-state index in [1.54, 1.807) is 12.1 Å². The lowest BCUT2D eigenvalue weighted by atomic mass is 9.87. The molecule has 0 fully saturated rings. The van der Waals surface area contributed by atoms with Gasteiger partial charge in [0, 0.05) is 18.7 Å². The van der Waals surface area contributed by atoms with Crippen LogP contribution in [0.1, 0.15) is 44.2 Å². The Balaban J connectivity index is 1.36. The molecule has 0 spiro atoms. The number of nitrogens with one attached hydrogen (secondary N) is 1. The maximum Gasteiger partial charge on any atom is 0.258 e. The predicted molar refractivity (Wildman–Crippen MR) is 144 cm³/mol. The van der Waals surface area contributed by atoms with E-state index in [0.29, 0.717) is 24.4 Å². The normalized spacial score (nSPS) is 14.5. The van der Waals surface area contributed by atoms with Crippen LogP contribution in [0.4, 0.5) is 4.39 Å². The van der Waals surface area contributed by atoms with Gasteiger partial charge < -0.3 is 15.0 Å². The summed E-state index contributed by atoms with van der Waals surface area (Å²) in [6.45, 7) is 2.78. The number of rotatable bonds is 7. The fraction of sp³-hybridized carbons (Fsp3) is 0.188. The molecule has 0 bridgehead atoms. The number of carbonyl (C=O) groups excluding carboxylic acids is 2. The first-order chi connectivity index (χ1) is 18.5. The van der Waals surface area contributed by atoms with E-state index >= 15 is 0 Å². The van der Waals surface area contributed by atoms with Crippen LogP contribution in [0, 0.1) is 12.7 Å². The number of fused-ring (bicyclic) bond motifs is 1. The zero-order valence-electron chi connectivity index (χ0n) is 21.2. The molecule has 4 aromatic rings. The summed E-state index contributed by atoms with van der Waals surface area (Å²) in [6, 6.07) is 29.1. The van der Waals surface area contributed by atoms with Crippen LogP contribution in [0.15, 0.2) is 97.1 Å². The highest BCUT2D eigenvalue weighted by atomic mass is 19.1. The number of aryl methyl sites for hydroxylation is 1. The molecular formula is C32H29FN2O3. The highest BCUT2D eigenvalue weighted by molar-refractivity contribution is 5.95. The van der Waals surface area contributed by atoms with E-state index < -0.39 is 0 Å². The summed E-state index contributed by atoms with van der Waals surface area (Å²) in [5.74, 6) is -0.0476. The molecule has 1 aliphatic heterocycles. The Morgan fingerprint density at radius 3 is 2.50 bits per heavy atom. The standard InChI is InChI=1S/C32H29FN2O3/c1-22-6-5-9-26(18-22)31-29-19-28(38-21-30(36)34-20-23-10-13-27(33)14-11-23)15-12-24(29)16-17-35(31)32(37)25-7-3-2-4-8-25/h2-15,18-19,31H,16-17,20-21H2,1H3,(H,34,36)/t31-/m0/s1. The zero-order valence-corrected chi connectivity index (χ0v) is 21.2. The van der Waals surface area contributed by atoms with Gasteiger partial charge in [0.1, 0.15) is 11.6 Å². The minimum Gasteiger partial charge on any atom is -0.484 e. The summed E-state index contributed by atoms with van der Waals surface area (Å²) in [4.78, 5) is 27.9. The van der Waals surface area contributed by atoms with Crippen LogP contribution in [0.2, 0.25) is 0 Å². The molecule has 0 saturated carbocycles. The van der Waals surface area contributed by atoms with E-state index in [1.165, 1.54) is 12.1 Å².